The van der Waals surface area contributed by atoms with E-state index in [2.05, 4.69) is 9.97 Å². The Bertz CT molecular complexity index is 592. The molecule has 0 aliphatic rings. The highest BCUT2D eigenvalue weighted by molar-refractivity contribution is 7.99. The number of rotatable bonds is 3. The average molecular weight is 285 g/mol. The molecule has 92 valence electrons. The number of aromatic carboxylic acids is 1. The largest absolute Gasteiger partial charge is 0.478 e. The molecule has 0 amide bonds. The van der Waals surface area contributed by atoms with Crippen molar-refractivity contribution in [2.24, 2.45) is 0 Å². The highest BCUT2D eigenvalue weighted by Crippen LogP contribution is 2.28. The zero-order valence-corrected chi connectivity index (χ0v) is 10.4. The van der Waals surface area contributed by atoms with Crippen molar-refractivity contribution in [3.63, 3.8) is 0 Å². The van der Waals surface area contributed by atoms with Crippen molar-refractivity contribution >= 4 is 29.3 Å². The second-order valence-electron chi connectivity index (χ2n) is 3.24. The first-order valence-electron chi connectivity index (χ1n) is 4.74. The molecule has 0 aliphatic carbocycles. The quantitative estimate of drug-likeness (QED) is 0.878. The normalized spacial score (nSPS) is 10.3. The topological polar surface area (TPSA) is 63.1 Å². The van der Waals surface area contributed by atoms with E-state index < -0.39 is 11.8 Å². The number of aromatic nitrogens is 2. The van der Waals surface area contributed by atoms with Gasteiger partial charge in [-0.05, 0) is 30.0 Å². The van der Waals surface area contributed by atoms with Gasteiger partial charge in [0.1, 0.15) is 5.82 Å². The number of carboxylic acids is 1. The number of hydrogen-bond donors (Lipinski definition) is 1. The lowest BCUT2D eigenvalue weighted by Crippen LogP contribution is -1.97. The van der Waals surface area contributed by atoms with E-state index in [9.17, 15) is 9.18 Å². The molecule has 0 saturated heterocycles. The van der Waals surface area contributed by atoms with Crippen molar-refractivity contribution < 1.29 is 14.3 Å². The van der Waals surface area contributed by atoms with Gasteiger partial charge in [-0.3, -0.25) is 0 Å². The summed E-state index contributed by atoms with van der Waals surface area (Å²) in [6.07, 6.45) is 2.77. The molecule has 0 spiro atoms. The monoisotopic (exact) mass is 284 g/mol. The zero-order valence-electron chi connectivity index (χ0n) is 8.80. The lowest BCUT2D eigenvalue weighted by molar-refractivity contribution is 0.0696. The molecule has 18 heavy (non-hydrogen) atoms. The van der Waals surface area contributed by atoms with Crippen molar-refractivity contribution in [2.45, 2.75) is 10.1 Å². The van der Waals surface area contributed by atoms with Gasteiger partial charge < -0.3 is 5.11 Å². The van der Waals surface area contributed by atoms with E-state index in [1.807, 2.05) is 0 Å². The van der Waals surface area contributed by atoms with Gasteiger partial charge >= 0.3 is 5.97 Å². The Kier molecular flexibility index (Phi) is 3.78. The van der Waals surface area contributed by atoms with Crippen LogP contribution in [0, 0.1) is 5.82 Å². The van der Waals surface area contributed by atoms with Crippen LogP contribution < -0.4 is 0 Å². The third-order valence-corrected chi connectivity index (χ3v) is 3.10. The molecule has 1 aromatic heterocycles. The van der Waals surface area contributed by atoms with Gasteiger partial charge in [0.05, 0.1) is 27.9 Å². The Hall–Kier alpha value is -1.66. The van der Waals surface area contributed by atoms with Crippen LogP contribution in [-0.2, 0) is 0 Å². The smallest absolute Gasteiger partial charge is 0.335 e. The van der Waals surface area contributed by atoms with E-state index in [-0.39, 0.29) is 10.5 Å². The van der Waals surface area contributed by atoms with Gasteiger partial charge in [0.25, 0.3) is 0 Å². The highest BCUT2D eigenvalue weighted by Gasteiger charge is 2.10. The van der Waals surface area contributed by atoms with E-state index in [0.717, 1.165) is 17.8 Å². The van der Waals surface area contributed by atoms with E-state index in [4.69, 9.17) is 16.7 Å². The third kappa shape index (κ3) is 2.96. The van der Waals surface area contributed by atoms with Gasteiger partial charge in [-0.2, -0.15) is 0 Å². The van der Waals surface area contributed by atoms with Crippen LogP contribution in [0.3, 0.4) is 0 Å². The lowest BCUT2D eigenvalue weighted by Gasteiger charge is -2.03. The molecule has 2 rings (SSSR count). The van der Waals surface area contributed by atoms with Crippen LogP contribution >= 0.6 is 23.4 Å². The van der Waals surface area contributed by atoms with Crippen molar-refractivity contribution in [2.75, 3.05) is 0 Å². The molecule has 7 heteroatoms. The predicted octanol–water partition coefficient (Wildman–Crippen LogP) is 3.12. The molecule has 0 bridgehead atoms. The number of nitrogens with zero attached hydrogens (tertiary/aromatic N) is 2. The molecule has 0 fully saturated rings. The Morgan fingerprint density at radius 3 is 2.61 bits per heavy atom. The zero-order chi connectivity index (χ0) is 13.1. The van der Waals surface area contributed by atoms with Crippen LogP contribution in [0.25, 0.3) is 0 Å². The van der Waals surface area contributed by atoms with Crippen LogP contribution in [0.15, 0.2) is 40.6 Å². The first-order valence-corrected chi connectivity index (χ1v) is 5.94. The van der Waals surface area contributed by atoms with Gasteiger partial charge in [0.2, 0.25) is 0 Å². The summed E-state index contributed by atoms with van der Waals surface area (Å²) in [6, 6.07) is 3.53. The summed E-state index contributed by atoms with van der Waals surface area (Å²) >= 11 is 6.56. The summed E-state index contributed by atoms with van der Waals surface area (Å²) in [7, 11) is 0. The summed E-state index contributed by atoms with van der Waals surface area (Å²) in [6.45, 7) is 0. The minimum atomic E-state index is -1.12. The number of hydrogen-bond acceptors (Lipinski definition) is 4. The van der Waals surface area contributed by atoms with Crippen LogP contribution in [0.1, 0.15) is 10.4 Å². The lowest BCUT2D eigenvalue weighted by atomic mass is 10.2. The van der Waals surface area contributed by atoms with Crippen LogP contribution in [-0.4, -0.2) is 21.0 Å². The fraction of sp³-hybridized carbons (Fsp3) is 0. The first-order chi connectivity index (χ1) is 8.56. The Balaban J connectivity index is 2.30. The molecule has 1 aromatic carbocycles. The third-order valence-electron chi connectivity index (χ3n) is 1.98. The van der Waals surface area contributed by atoms with Crippen LogP contribution in [0.5, 0.6) is 0 Å². The molecule has 4 nitrogen and oxygen atoms in total. The van der Waals surface area contributed by atoms with E-state index in [1.165, 1.54) is 24.5 Å². The molecule has 1 N–H and O–H groups in total. The van der Waals surface area contributed by atoms with Gasteiger partial charge in [0, 0.05) is 0 Å². The van der Waals surface area contributed by atoms with Crippen molar-refractivity contribution in [3.05, 3.63) is 47.0 Å². The van der Waals surface area contributed by atoms with E-state index in [0.29, 0.717) is 10.2 Å². The highest BCUT2D eigenvalue weighted by atomic mass is 35.5. The molecule has 0 saturated carbocycles. The summed E-state index contributed by atoms with van der Waals surface area (Å²) < 4.78 is 13.5. The molecule has 2 aromatic rings. The molecule has 0 aliphatic heterocycles. The van der Waals surface area contributed by atoms with Gasteiger partial charge in [0.15, 0.2) is 5.16 Å². The molecule has 0 atom stereocenters. The molecule has 0 radical (unpaired) electrons. The van der Waals surface area contributed by atoms with Crippen molar-refractivity contribution in [1.82, 2.24) is 9.97 Å². The maximum atomic E-state index is 13.5. The van der Waals surface area contributed by atoms with Gasteiger partial charge in [-0.15, -0.1) is 0 Å². The minimum absolute atomic E-state index is 0.00728. The number of halogens is 2. The molecular weight excluding hydrogens is 279 g/mol. The summed E-state index contributed by atoms with van der Waals surface area (Å²) in [4.78, 5) is 18.7. The molecular formula is C11H6ClFN2O2S. The van der Waals surface area contributed by atoms with E-state index >= 15 is 0 Å². The maximum absolute atomic E-state index is 13.5. The Labute approximate surface area is 111 Å². The Morgan fingerprint density at radius 1 is 1.33 bits per heavy atom. The Morgan fingerprint density at radius 2 is 2.00 bits per heavy atom. The van der Waals surface area contributed by atoms with Crippen LogP contribution in [0.2, 0.25) is 5.02 Å². The van der Waals surface area contributed by atoms with Crippen LogP contribution in [0.4, 0.5) is 4.39 Å². The summed E-state index contributed by atoms with van der Waals surface area (Å²) in [5, 5.41) is 9.49. The summed E-state index contributed by atoms with van der Waals surface area (Å²) in [5.41, 5.74) is 0.00728. The predicted molar refractivity (Wildman–Crippen MR) is 64.5 cm³/mol. The van der Waals surface area contributed by atoms with Crippen molar-refractivity contribution in [1.29, 1.82) is 0 Å². The number of carbonyl (C=O) groups is 1. The second-order valence-corrected chi connectivity index (χ2v) is 4.68. The van der Waals surface area contributed by atoms with Gasteiger partial charge in [-0.1, -0.05) is 11.6 Å². The second kappa shape index (κ2) is 5.32. The summed E-state index contributed by atoms with van der Waals surface area (Å²) in [5.74, 6) is -1.64. The van der Waals surface area contributed by atoms with Gasteiger partial charge in [-0.25, -0.2) is 19.2 Å². The number of carboxylic acid groups (broad SMARTS) is 1. The molecule has 1 heterocycles. The fourth-order valence-corrected chi connectivity index (χ4v) is 2.02. The van der Waals surface area contributed by atoms with E-state index in [1.54, 1.807) is 0 Å². The standard InChI is InChI=1S/C11H6ClFN2O2S/c12-7-4-14-11(15-5-7)18-9-3-6(10(16)17)1-2-8(9)13/h1-5H,(H,16,17). The average Bonchev–Trinajstić information content (AvgIpc) is 2.34. The maximum Gasteiger partial charge on any atom is 0.335 e. The van der Waals surface area contributed by atoms with Crippen molar-refractivity contribution in [3.8, 4) is 0 Å². The molecule has 0 unspecified atom stereocenters. The SMILES string of the molecule is O=C(O)c1ccc(F)c(Sc2ncc(Cl)cn2)c1. The fourth-order valence-electron chi connectivity index (χ4n) is 1.17. The number of benzene rings is 1. The first kappa shape index (κ1) is 12.8. The minimum Gasteiger partial charge on any atom is -0.478 e.